The predicted octanol–water partition coefficient (Wildman–Crippen LogP) is 2.52. The van der Waals surface area contributed by atoms with E-state index in [1.54, 1.807) is 11.9 Å². The maximum Gasteiger partial charge on any atom is 0.450 e. The molecule has 1 aliphatic rings. The highest BCUT2D eigenvalue weighted by Gasteiger charge is 2.44. The fourth-order valence-corrected chi connectivity index (χ4v) is 2.62. The average Bonchev–Trinajstić information content (AvgIpc) is 2.45. The van der Waals surface area contributed by atoms with Gasteiger partial charge in [0, 0.05) is 26.1 Å². The largest absolute Gasteiger partial charge is 0.450 e. The summed E-state index contributed by atoms with van der Waals surface area (Å²) in [6.07, 6.45) is -3.18. The molecule has 0 radical (unpaired) electrons. The molecule has 1 aromatic rings. The van der Waals surface area contributed by atoms with Crippen molar-refractivity contribution in [3.8, 4) is 0 Å². The molecule has 0 aliphatic carbocycles. The highest BCUT2D eigenvalue weighted by atomic mass is 35.5. The number of piperidine rings is 1. The molecule has 0 aromatic carbocycles. The van der Waals surface area contributed by atoms with Gasteiger partial charge in [-0.25, -0.2) is 9.97 Å². The third-order valence-corrected chi connectivity index (χ3v) is 3.76. The van der Waals surface area contributed by atoms with Crippen LogP contribution in [0.4, 0.5) is 24.7 Å². The van der Waals surface area contributed by atoms with Crippen molar-refractivity contribution in [3.05, 3.63) is 11.5 Å². The van der Waals surface area contributed by atoms with E-state index >= 15 is 0 Å². The first kappa shape index (κ1) is 15.8. The SMILES string of the molecule is CNc1c(Cl)ncnc1N1CCC(C(=O)C(F)(F)F)CC1. The van der Waals surface area contributed by atoms with E-state index in [1.165, 1.54) is 6.33 Å². The van der Waals surface area contributed by atoms with Crippen LogP contribution in [-0.4, -0.2) is 42.1 Å². The van der Waals surface area contributed by atoms with Gasteiger partial charge in [0.25, 0.3) is 0 Å². The lowest BCUT2D eigenvalue weighted by atomic mass is 9.92. The Bertz CT molecular complexity index is 530. The maximum absolute atomic E-state index is 12.4. The topological polar surface area (TPSA) is 58.1 Å². The molecular weight excluding hydrogens is 309 g/mol. The minimum absolute atomic E-state index is 0.142. The van der Waals surface area contributed by atoms with Gasteiger partial charge in [0.2, 0.25) is 5.78 Å². The minimum atomic E-state index is -4.76. The summed E-state index contributed by atoms with van der Waals surface area (Å²) in [5.74, 6) is -2.08. The van der Waals surface area contributed by atoms with Crippen molar-refractivity contribution in [2.75, 3.05) is 30.4 Å². The number of ketones is 1. The molecular formula is C12H14ClF3N4O. The van der Waals surface area contributed by atoms with Gasteiger partial charge in [0.15, 0.2) is 11.0 Å². The van der Waals surface area contributed by atoms with Gasteiger partial charge in [0.05, 0.1) is 0 Å². The van der Waals surface area contributed by atoms with Crippen LogP contribution in [0.25, 0.3) is 0 Å². The zero-order chi connectivity index (χ0) is 15.6. The molecule has 9 heteroatoms. The molecule has 21 heavy (non-hydrogen) atoms. The van der Waals surface area contributed by atoms with Gasteiger partial charge >= 0.3 is 6.18 Å². The van der Waals surface area contributed by atoms with E-state index in [9.17, 15) is 18.0 Å². The number of anilines is 2. The summed E-state index contributed by atoms with van der Waals surface area (Å²) in [7, 11) is 1.66. The third kappa shape index (κ3) is 3.37. The molecule has 0 bridgehead atoms. The summed E-state index contributed by atoms with van der Waals surface area (Å²) in [4.78, 5) is 21.0. The van der Waals surface area contributed by atoms with Crippen LogP contribution in [0.5, 0.6) is 0 Å². The number of alkyl halides is 3. The Kier molecular flexibility index (Phi) is 4.55. The number of carbonyl (C=O) groups is 1. The second-order valence-corrected chi connectivity index (χ2v) is 5.09. The summed E-state index contributed by atoms with van der Waals surface area (Å²) in [5, 5.41) is 3.12. The van der Waals surface area contributed by atoms with Crippen molar-refractivity contribution < 1.29 is 18.0 Å². The van der Waals surface area contributed by atoms with E-state index in [2.05, 4.69) is 15.3 Å². The maximum atomic E-state index is 12.4. The number of rotatable bonds is 3. The number of carbonyl (C=O) groups excluding carboxylic acids is 1. The summed E-state index contributed by atoms with van der Waals surface area (Å²) in [6.45, 7) is 0.628. The molecule has 0 unspecified atom stereocenters. The Morgan fingerprint density at radius 3 is 2.52 bits per heavy atom. The normalized spacial score (nSPS) is 16.9. The molecule has 5 nitrogen and oxygen atoms in total. The van der Waals surface area contributed by atoms with Crippen LogP contribution < -0.4 is 10.2 Å². The molecule has 0 spiro atoms. The zero-order valence-electron chi connectivity index (χ0n) is 11.2. The molecule has 0 amide bonds. The predicted molar refractivity (Wildman–Crippen MR) is 72.6 cm³/mol. The third-order valence-electron chi connectivity index (χ3n) is 3.48. The Hall–Kier alpha value is -1.57. The number of nitrogens with zero attached hydrogens (tertiary/aromatic N) is 3. The number of aromatic nitrogens is 2. The van der Waals surface area contributed by atoms with Crippen LogP contribution in [0, 0.1) is 5.92 Å². The molecule has 1 aromatic heterocycles. The fourth-order valence-electron chi connectivity index (χ4n) is 2.40. The standard InChI is InChI=1S/C12H14ClF3N4O/c1-17-8-10(13)18-6-19-11(8)20-4-2-7(3-5-20)9(21)12(14,15)16/h6-7,17H,2-5H2,1H3. The minimum Gasteiger partial charge on any atom is -0.383 e. The van der Waals surface area contributed by atoms with Gasteiger partial charge in [0.1, 0.15) is 12.0 Å². The second kappa shape index (κ2) is 6.05. The molecule has 1 aliphatic heterocycles. The van der Waals surface area contributed by atoms with Crippen LogP contribution in [0.15, 0.2) is 6.33 Å². The van der Waals surface area contributed by atoms with Gasteiger partial charge in [-0.3, -0.25) is 4.79 Å². The van der Waals surface area contributed by atoms with Gasteiger partial charge in [-0.15, -0.1) is 0 Å². The van der Waals surface area contributed by atoms with E-state index < -0.39 is 17.9 Å². The summed E-state index contributed by atoms with van der Waals surface area (Å²) in [6, 6.07) is 0. The van der Waals surface area contributed by atoms with Crippen molar-refractivity contribution in [1.82, 2.24) is 9.97 Å². The van der Waals surface area contributed by atoms with Gasteiger partial charge in [-0.05, 0) is 12.8 Å². The molecule has 0 saturated carbocycles. The van der Waals surface area contributed by atoms with Gasteiger partial charge in [-0.1, -0.05) is 11.6 Å². The van der Waals surface area contributed by atoms with E-state index in [-0.39, 0.29) is 18.0 Å². The smallest absolute Gasteiger partial charge is 0.383 e. The Balaban J connectivity index is 2.08. The Morgan fingerprint density at radius 2 is 2.00 bits per heavy atom. The van der Waals surface area contributed by atoms with Crippen molar-refractivity contribution in [3.63, 3.8) is 0 Å². The van der Waals surface area contributed by atoms with Crippen LogP contribution >= 0.6 is 11.6 Å². The highest BCUT2D eigenvalue weighted by Crippen LogP contribution is 2.33. The van der Waals surface area contributed by atoms with E-state index in [0.29, 0.717) is 24.6 Å². The number of halogens is 4. The van der Waals surface area contributed by atoms with E-state index in [0.717, 1.165) is 0 Å². The first-order chi connectivity index (χ1) is 9.84. The highest BCUT2D eigenvalue weighted by molar-refractivity contribution is 6.32. The van der Waals surface area contributed by atoms with Gasteiger partial charge < -0.3 is 10.2 Å². The summed E-state index contributed by atoms with van der Waals surface area (Å²) >= 11 is 5.94. The number of nitrogens with one attached hydrogen (secondary N) is 1. The molecule has 1 N–H and O–H groups in total. The fraction of sp³-hybridized carbons (Fsp3) is 0.583. The first-order valence-electron chi connectivity index (χ1n) is 6.38. The Morgan fingerprint density at radius 1 is 1.38 bits per heavy atom. The summed E-state index contributed by atoms with van der Waals surface area (Å²) < 4.78 is 37.2. The molecule has 116 valence electrons. The molecule has 2 heterocycles. The van der Waals surface area contributed by atoms with Crippen molar-refractivity contribution in [2.24, 2.45) is 5.92 Å². The molecule has 1 saturated heterocycles. The monoisotopic (exact) mass is 322 g/mol. The first-order valence-corrected chi connectivity index (χ1v) is 6.76. The lowest BCUT2D eigenvalue weighted by Crippen LogP contribution is -2.41. The number of Topliss-reactive ketones (excluding diaryl/α,β-unsaturated/α-hetero) is 1. The van der Waals surface area contributed by atoms with Crippen LogP contribution in [0.3, 0.4) is 0 Å². The summed E-state index contributed by atoms with van der Waals surface area (Å²) in [5.41, 5.74) is 0.528. The number of hydrogen-bond donors (Lipinski definition) is 1. The van der Waals surface area contributed by atoms with Crippen LogP contribution in [0.2, 0.25) is 5.15 Å². The quantitative estimate of drug-likeness (QED) is 0.867. The van der Waals surface area contributed by atoms with Crippen LogP contribution in [0.1, 0.15) is 12.8 Å². The van der Waals surface area contributed by atoms with Crippen LogP contribution in [-0.2, 0) is 4.79 Å². The van der Waals surface area contributed by atoms with Crippen molar-refractivity contribution >= 4 is 28.9 Å². The molecule has 1 fully saturated rings. The van der Waals surface area contributed by atoms with E-state index in [1.807, 2.05) is 0 Å². The van der Waals surface area contributed by atoms with Gasteiger partial charge in [-0.2, -0.15) is 13.2 Å². The zero-order valence-corrected chi connectivity index (χ0v) is 12.0. The average molecular weight is 323 g/mol. The van der Waals surface area contributed by atoms with Crippen molar-refractivity contribution in [1.29, 1.82) is 0 Å². The lowest BCUT2D eigenvalue weighted by Gasteiger charge is -2.33. The molecule has 0 atom stereocenters. The van der Waals surface area contributed by atoms with E-state index in [4.69, 9.17) is 11.6 Å². The van der Waals surface area contributed by atoms with Crippen molar-refractivity contribution in [2.45, 2.75) is 19.0 Å². The Labute approximate surface area is 124 Å². The second-order valence-electron chi connectivity index (χ2n) is 4.74. The number of hydrogen-bond acceptors (Lipinski definition) is 5. The molecule has 2 rings (SSSR count). The lowest BCUT2D eigenvalue weighted by molar-refractivity contribution is -0.176.